The number of nitrogens with one attached hydrogen (secondary N) is 2. The molecule has 0 heterocycles. The molecule has 0 aliphatic heterocycles. The van der Waals surface area contributed by atoms with Crippen LogP contribution in [0.4, 0.5) is 4.79 Å². The highest BCUT2D eigenvalue weighted by Gasteiger charge is 2.16. The fraction of sp³-hybridized carbons (Fsp3) is 0.391. The van der Waals surface area contributed by atoms with E-state index in [1.54, 1.807) is 12.1 Å². The van der Waals surface area contributed by atoms with Gasteiger partial charge in [0, 0.05) is 12.1 Å². The van der Waals surface area contributed by atoms with Crippen molar-refractivity contribution in [2.75, 3.05) is 0 Å². The molecule has 5 heteroatoms. The van der Waals surface area contributed by atoms with Crippen molar-refractivity contribution in [3.05, 3.63) is 70.8 Å². The number of amides is 2. The highest BCUT2D eigenvalue weighted by molar-refractivity contribution is 5.94. The van der Waals surface area contributed by atoms with Gasteiger partial charge in [-0.2, -0.15) is 0 Å². The molecule has 0 bridgehead atoms. The minimum Gasteiger partial charge on any atom is -0.444 e. The minimum atomic E-state index is -0.528. The van der Waals surface area contributed by atoms with Crippen molar-refractivity contribution in [2.45, 2.75) is 59.2 Å². The number of hydrogen-bond acceptors (Lipinski definition) is 3. The first-order chi connectivity index (χ1) is 13.2. The van der Waals surface area contributed by atoms with E-state index in [1.807, 2.05) is 39.8 Å². The van der Waals surface area contributed by atoms with Crippen LogP contribution in [-0.4, -0.2) is 17.6 Å². The Morgan fingerprint density at radius 2 is 1.61 bits per heavy atom. The summed E-state index contributed by atoms with van der Waals surface area (Å²) in [5.41, 5.74) is 3.25. The fourth-order valence-electron chi connectivity index (χ4n) is 2.72. The third-order valence-corrected chi connectivity index (χ3v) is 4.25. The molecule has 0 saturated carbocycles. The highest BCUT2D eigenvalue weighted by Crippen LogP contribution is 2.18. The Labute approximate surface area is 167 Å². The smallest absolute Gasteiger partial charge is 0.407 e. The molecule has 0 unspecified atom stereocenters. The molecular weight excluding hydrogens is 352 g/mol. The van der Waals surface area contributed by atoms with Crippen LogP contribution >= 0.6 is 0 Å². The molecule has 0 saturated heterocycles. The molecule has 0 aliphatic carbocycles. The van der Waals surface area contributed by atoms with Gasteiger partial charge in [0.25, 0.3) is 5.91 Å². The maximum atomic E-state index is 12.6. The second-order valence-corrected chi connectivity index (χ2v) is 7.90. The van der Waals surface area contributed by atoms with Crippen molar-refractivity contribution in [1.29, 1.82) is 0 Å². The summed E-state index contributed by atoms with van der Waals surface area (Å²) in [6, 6.07) is 15.4. The molecule has 150 valence electrons. The third-order valence-electron chi connectivity index (χ3n) is 4.25. The summed E-state index contributed by atoms with van der Waals surface area (Å²) in [7, 11) is 0. The molecule has 2 N–H and O–H groups in total. The fourth-order valence-corrected chi connectivity index (χ4v) is 2.72. The summed E-state index contributed by atoms with van der Waals surface area (Å²) < 4.78 is 5.21. The molecule has 28 heavy (non-hydrogen) atoms. The molecule has 1 atom stereocenters. The van der Waals surface area contributed by atoms with Crippen LogP contribution in [0.15, 0.2) is 48.5 Å². The Hall–Kier alpha value is -2.82. The van der Waals surface area contributed by atoms with Crippen LogP contribution in [0.5, 0.6) is 0 Å². The predicted molar refractivity (Wildman–Crippen MR) is 111 cm³/mol. The summed E-state index contributed by atoms with van der Waals surface area (Å²) in [6.45, 7) is 9.90. The van der Waals surface area contributed by atoms with Crippen molar-refractivity contribution in [2.24, 2.45) is 0 Å². The standard InChI is InChI=1S/C23H30N2O3/c1-6-20(18-11-7-16(2)8-12-18)25-21(26)19-13-9-17(10-14-19)15-24-22(27)28-23(3,4)5/h7-14,20H,6,15H2,1-5H3,(H,24,27)(H,25,26)/t20-/m1/s1. The van der Waals surface area contributed by atoms with E-state index < -0.39 is 11.7 Å². The monoisotopic (exact) mass is 382 g/mol. The molecule has 2 amide bonds. The lowest BCUT2D eigenvalue weighted by molar-refractivity contribution is 0.0523. The Balaban J connectivity index is 1.93. The van der Waals surface area contributed by atoms with Crippen LogP contribution in [0, 0.1) is 6.92 Å². The van der Waals surface area contributed by atoms with Crippen molar-refractivity contribution >= 4 is 12.0 Å². The number of hydrogen-bond donors (Lipinski definition) is 2. The number of carbonyl (C=O) groups excluding carboxylic acids is 2. The van der Waals surface area contributed by atoms with E-state index in [1.165, 1.54) is 5.56 Å². The second-order valence-electron chi connectivity index (χ2n) is 7.90. The summed E-state index contributed by atoms with van der Waals surface area (Å²) in [6.07, 6.45) is 0.352. The van der Waals surface area contributed by atoms with Gasteiger partial charge in [0.15, 0.2) is 0 Å². The topological polar surface area (TPSA) is 67.4 Å². The second kappa shape index (κ2) is 9.40. The summed E-state index contributed by atoms with van der Waals surface area (Å²) in [5.74, 6) is -0.112. The van der Waals surface area contributed by atoms with Crippen molar-refractivity contribution in [1.82, 2.24) is 10.6 Å². The lowest BCUT2D eigenvalue weighted by Gasteiger charge is -2.19. The number of carbonyl (C=O) groups is 2. The maximum Gasteiger partial charge on any atom is 0.407 e. The van der Waals surface area contributed by atoms with Crippen molar-refractivity contribution in [3.63, 3.8) is 0 Å². The van der Waals surface area contributed by atoms with Gasteiger partial charge < -0.3 is 15.4 Å². The molecule has 0 radical (unpaired) electrons. The van der Waals surface area contributed by atoms with E-state index in [2.05, 4.69) is 41.8 Å². The van der Waals surface area contributed by atoms with Gasteiger partial charge in [0.05, 0.1) is 6.04 Å². The molecule has 0 aliphatic rings. The Kier molecular flexibility index (Phi) is 7.21. The van der Waals surface area contributed by atoms with Gasteiger partial charge >= 0.3 is 6.09 Å². The first-order valence-corrected chi connectivity index (χ1v) is 9.61. The van der Waals surface area contributed by atoms with Gasteiger partial charge in [-0.15, -0.1) is 0 Å². The third kappa shape index (κ3) is 6.72. The Bertz CT molecular complexity index is 790. The van der Waals surface area contributed by atoms with Gasteiger partial charge in [-0.05, 0) is 57.4 Å². The molecule has 0 aromatic heterocycles. The van der Waals surface area contributed by atoms with Gasteiger partial charge in [-0.25, -0.2) is 4.79 Å². The Morgan fingerprint density at radius 3 is 2.14 bits per heavy atom. The van der Waals surface area contributed by atoms with E-state index in [-0.39, 0.29) is 11.9 Å². The number of aryl methyl sites for hydroxylation is 1. The molecule has 2 aromatic carbocycles. The highest BCUT2D eigenvalue weighted by atomic mass is 16.6. The summed E-state index contributed by atoms with van der Waals surface area (Å²) in [5, 5.41) is 5.80. The van der Waals surface area contributed by atoms with E-state index in [9.17, 15) is 9.59 Å². The Morgan fingerprint density at radius 1 is 1.00 bits per heavy atom. The van der Waals surface area contributed by atoms with Gasteiger partial charge in [-0.1, -0.05) is 48.9 Å². The molecule has 0 fully saturated rings. The van der Waals surface area contributed by atoms with E-state index in [4.69, 9.17) is 4.74 Å². The first kappa shape index (κ1) is 21.5. The van der Waals surface area contributed by atoms with Crippen LogP contribution in [0.2, 0.25) is 0 Å². The number of alkyl carbamates (subject to hydrolysis) is 1. The molecule has 5 nitrogen and oxygen atoms in total. The van der Waals surface area contributed by atoms with Gasteiger partial charge in [-0.3, -0.25) is 4.79 Å². The predicted octanol–water partition coefficient (Wildman–Crippen LogP) is 4.90. The van der Waals surface area contributed by atoms with Gasteiger partial charge in [0.1, 0.15) is 5.60 Å². The molecule has 0 spiro atoms. The summed E-state index contributed by atoms with van der Waals surface area (Å²) >= 11 is 0. The SMILES string of the molecule is CC[C@@H](NC(=O)c1ccc(CNC(=O)OC(C)(C)C)cc1)c1ccc(C)cc1. The zero-order valence-corrected chi connectivity index (χ0v) is 17.3. The van der Waals surface area contributed by atoms with Crippen LogP contribution in [-0.2, 0) is 11.3 Å². The quantitative estimate of drug-likeness (QED) is 0.747. The molecule has 2 rings (SSSR count). The number of rotatable bonds is 6. The zero-order chi connectivity index (χ0) is 20.7. The number of ether oxygens (including phenoxy) is 1. The lowest BCUT2D eigenvalue weighted by atomic mass is 10.0. The van der Waals surface area contributed by atoms with Crippen LogP contribution in [0.1, 0.15) is 67.2 Å². The van der Waals surface area contributed by atoms with E-state index in [0.29, 0.717) is 12.1 Å². The van der Waals surface area contributed by atoms with E-state index >= 15 is 0 Å². The normalized spacial score (nSPS) is 12.2. The molecule has 2 aromatic rings. The van der Waals surface area contributed by atoms with Crippen molar-refractivity contribution in [3.8, 4) is 0 Å². The van der Waals surface area contributed by atoms with Gasteiger partial charge in [0.2, 0.25) is 0 Å². The average molecular weight is 383 g/mol. The number of benzene rings is 2. The van der Waals surface area contributed by atoms with Crippen LogP contribution in [0.25, 0.3) is 0 Å². The lowest BCUT2D eigenvalue weighted by Crippen LogP contribution is -2.32. The average Bonchev–Trinajstić information content (AvgIpc) is 2.64. The van der Waals surface area contributed by atoms with E-state index in [0.717, 1.165) is 17.5 Å². The largest absolute Gasteiger partial charge is 0.444 e. The van der Waals surface area contributed by atoms with Crippen molar-refractivity contribution < 1.29 is 14.3 Å². The maximum absolute atomic E-state index is 12.6. The van der Waals surface area contributed by atoms with Crippen LogP contribution in [0.3, 0.4) is 0 Å². The van der Waals surface area contributed by atoms with Crippen LogP contribution < -0.4 is 10.6 Å². The summed E-state index contributed by atoms with van der Waals surface area (Å²) in [4.78, 5) is 24.3. The molecular formula is C23H30N2O3. The first-order valence-electron chi connectivity index (χ1n) is 9.61. The zero-order valence-electron chi connectivity index (χ0n) is 17.3. The minimum absolute atomic E-state index is 0.0263.